The van der Waals surface area contributed by atoms with Gasteiger partial charge in [-0.15, -0.1) is 0 Å². The van der Waals surface area contributed by atoms with E-state index in [2.05, 4.69) is 0 Å². The van der Waals surface area contributed by atoms with E-state index in [0.717, 1.165) is 22.5 Å². The van der Waals surface area contributed by atoms with Crippen LogP contribution in [0.25, 0.3) is 0 Å². The summed E-state index contributed by atoms with van der Waals surface area (Å²) in [5, 5.41) is 0. The second-order valence-corrected chi connectivity index (χ2v) is 4.70. The van der Waals surface area contributed by atoms with E-state index in [1.54, 1.807) is 6.07 Å². The number of hydrogen-bond donors (Lipinski definition) is 2. The molecule has 4 heteroatoms. The Balaban J connectivity index is 2.29. The molecule has 1 heterocycles. The monoisotopic (exact) mass is 253 g/mol. The third kappa shape index (κ3) is 1.61. The molecule has 1 unspecified atom stereocenters. The highest BCUT2D eigenvalue weighted by molar-refractivity contribution is 6.01. The van der Waals surface area contributed by atoms with Gasteiger partial charge in [-0.3, -0.25) is 4.79 Å². The minimum atomic E-state index is -0.435. The van der Waals surface area contributed by atoms with Gasteiger partial charge in [0, 0.05) is 12.7 Å². The molecule has 1 aliphatic heterocycles. The van der Waals surface area contributed by atoms with Crippen LogP contribution in [0.4, 0.5) is 11.4 Å². The lowest BCUT2D eigenvalue weighted by atomic mass is 9.89. The zero-order valence-electron chi connectivity index (χ0n) is 10.6. The highest BCUT2D eigenvalue weighted by Crippen LogP contribution is 2.43. The van der Waals surface area contributed by atoms with Gasteiger partial charge in [-0.05, 0) is 23.3 Å². The fourth-order valence-electron chi connectivity index (χ4n) is 2.73. The molecule has 0 aliphatic carbocycles. The summed E-state index contributed by atoms with van der Waals surface area (Å²) in [5.74, 6) is -0.435. The summed E-state index contributed by atoms with van der Waals surface area (Å²) in [5.41, 5.74) is 16.1. The average molecular weight is 253 g/mol. The van der Waals surface area contributed by atoms with Gasteiger partial charge < -0.3 is 16.4 Å². The Morgan fingerprint density at radius 2 is 1.79 bits per heavy atom. The highest BCUT2D eigenvalue weighted by Gasteiger charge is 2.28. The molecule has 3 rings (SSSR count). The molecule has 0 fully saturated rings. The number of carbonyl (C=O) groups is 1. The van der Waals surface area contributed by atoms with Crippen molar-refractivity contribution in [2.75, 3.05) is 11.9 Å². The maximum atomic E-state index is 11.6. The van der Waals surface area contributed by atoms with Crippen LogP contribution in [-0.2, 0) is 0 Å². The minimum Gasteiger partial charge on any atom is -0.366 e. The van der Waals surface area contributed by atoms with E-state index in [1.165, 1.54) is 0 Å². The lowest BCUT2D eigenvalue weighted by Gasteiger charge is -2.34. The SMILES string of the molecule is CN1c2ccccc2C(N)c2cccc(C(N)=O)c21. The van der Waals surface area contributed by atoms with E-state index < -0.39 is 5.91 Å². The number of rotatable bonds is 1. The van der Waals surface area contributed by atoms with Crippen molar-refractivity contribution in [1.82, 2.24) is 0 Å². The van der Waals surface area contributed by atoms with E-state index in [9.17, 15) is 4.79 Å². The number of amides is 1. The van der Waals surface area contributed by atoms with E-state index >= 15 is 0 Å². The zero-order valence-corrected chi connectivity index (χ0v) is 10.6. The molecule has 96 valence electrons. The fourth-order valence-corrected chi connectivity index (χ4v) is 2.73. The third-order valence-electron chi connectivity index (χ3n) is 3.64. The molecule has 0 saturated carbocycles. The van der Waals surface area contributed by atoms with Crippen LogP contribution < -0.4 is 16.4 Å². The summed E-state index contributed by atoms with van der Waals surface area (Å²) in [6.45, 7) is 0. The Morgan fingerprint density at radius 1 is 1.11 bits per heavy atom. The zero-order chi connectivity index (χ0) is 13.6. The van der Waals surface area contributed by atoms with Crippen molar-refractivity contribution in [2.24, 2.45) is 11.5 Å². The lowest BCUT2D eigenvalue weighted by Crippen LogP contribution is -2.28. The number of fused-ring (bicyclic) bond motifs is 2. The standard InChI is InChI=1S/C15H15N3O/c1-18-12-8-3-2-5-9(12)13(16)10-6-4-7-11(14(10)18)15(17)19/h2-8,13H,16H2,1H3,(H2,17,19). The van der Waals surface area contributed by atoms with E-state index in [4.69, 9.17) is 11.5 Å². The minimum absolute atomic E-state index is 0.235. The fraction of sp³-hybridized carbons (Fsp3) is 0.133. The number of nitrogens with zero attached hydrogens (tertiary/aromatic N) is 1. The van der Waals surface area contributed by atoms with Crippen molar-refractivity contribution in [3.8, 4) is 0 Å². The Bertz CT molecular complexity index is 666. The van der Waals surface area contributed by atoms with E-state index in [1.807, 2.05) is 48.3 Å². The van der Waals surface area contributed by atoms with Crippen LogP contribution in [0.5, 0.6) is 0 Å². The molecule has 0 aromatic heterocycles. The first-order valence-electron chi connectivity index (χ1n) is 6.12. The molecule has 19 heavy (non-hydrogen) atoms. The molecular formula is C15H15N3O. The molecule has 0 radical (unpaired) electrons. The Hall–Kier alpha value is -2.33. The second kappa shape index (κ2) is 4.10. The molecule has 0 spiro atoms. The molecule has 1 aliphatic rings. The maximum absolute atomic E-state index is 11.6. The average Bonchev–Trinajstić information content (AvgIpc) is 2.44. The van der Waals surface area contributed by atoms with E-state index in [-0.39, 0.29) is 6.04 Å². The lowest BCUT2D eigenvalue weighted by molar-refractivity contribution is 0.100. The summed E-state index contributed by atoms with van der Waals surface area (Å²) in [4.78, 5) is 13.6. The van der Waals surface area contributed by atoms with Gasteiger partial charge >= 0.3 is 0 Å². The molecule has 2 aromatic rings. The topological polar surface area (TPSA) is 72.3 Å². The molecule has 4 nitrogen and oxygen atoms in total. The summed E-state index contributed by atoms with van der Waals surface area (Å²) in [7, 11) is 1.93. The second-order valence-electron chi connectivity index (χ2n) is 4.70. The molecular weight excluding hydrogens is 238 g/mol. The Labute approximate surface area is 111 Å². The number of primary amides is 1. The third-order valence-corrected chi connectivity index (χ3v) is 3.64. The molecule has 0 saturated heterocycles. The highest BCUT2D eigenvalue weighted by atomic mass is 16.1. The first-order chi connectivity index (χ1) is 9.11. The van der Waals surface area contributed by atoms with Crippen molar-refractivity contribution in [3.63, 3.8) is 0 Å². The molecule has 4 N–H and O–H groups in total. The van der Waals surface area contributed by atoms with Crippen molar-refractivity contribution in [3.05, 3.63) is 59.2 Å². The van der Waals surface area contributed by atoms with Crippen molar-refractivity contribution >= 4 is 17.3 Å². The smallest absolute Gasteiger partial charge is 0.250 e. The van der Waals surface area contributed by atoms with Crippen molar-refractivity contribution in [2.45, 2.75) is 6.04 Å². The predicted octanol–water partition coefficient (Wildman–Crippen LogP) is 1.91. The Kier molecular flexibility index (Phi) is 2.54. The van der Waals surface area contributed by atoms with Crippen LogP contribution in [0, 0.1) is 0 Å². The summed E-state index contributed by atoms with van der Waals surface area (Å²) < 4.78 is 0. The summed E-state index contributed by atoms with van der Waals surface area (Å²) in [6.07, 6.45) is 0. The predicted molar refractivity (Wildman–Crippen MR) is 75.5 cm³/mol. The normalized spacial score (nSPS) is 16.7. The van der Waals surface area contributed by atoms with Gasteiger partial charge in [-0.2, -0.15) is 0 Å². The molecule has 1 amide bonds. The summed E-state index contributed by atoms with van der Waals surface area (Å²) >= 11 is 0. The van der Waals surface area contributed by atoms with Crippen LogP contribution in [-0.4, -0.2) is 13.0 Å². The molecule has 1 atom stereocenters. The molecule has 2 aromatic carbocycles. The van der Waals surface area contributed by atoms with Crippen molar-refractivity contribution in [1.29, 1.82) is 0 Å². The number of carbonyl (C=O) groups excluding carboxylic acids is 1. The maximum Gasteiger partial charge on any atom is 0.250 e. The van der Waals surface area contributed by atoms with Crippen LogP contribution in [0.2, 0.25) is 0 Å². The van der Waals surface area contributed by atoms with Crippen LogP contribution in [0.15, 0.2) is 42.5 Å². The number of anilines is 2. The van der Waals surface area contributed by atoms with Crippen LogP contribution >= 0.6 is 0 Å². The quantitative estimate of drug-likeness (QED) is 0.815. The van der Waals surface area contributed by atoms with E-state index in [0.29, 0.717) is 5.56 Å². The molecule has 0 bridgehead atoms. The van der Waals surface area contributed by atoms with Crippen molar-refractivity contribution < 1.29 is 4.79 Å². The van der Waals surface area contributed by atoms with Gasteiger partial charge in [-0.1, -0.05) is 30.3 Å². The van der Waals surface area contributed by atoms with Gasteiger partial charge in [0.1, 0.15) is 0 Å². The van der Waals surface area contributed by atoms with Gasteiger partial charge in [0.2, 0.25) is 0 Å². The van der Waals surface area contributed by atoms with Crippen LogP contribution in [0.1, 0.15) is 27.5 Å². The van der Waals surface area contributed by atoms with Gasteiger partial charge in [0.15, 0.2) is 0 Å². The first-order valence-corrected chi connectivity index (χ1v) is 6.12. The first kappa shape index (κ1) is 11.7. The largest absolute Gasteiger partial charge is 0.366 e. The number of benzene rings is 2. The number of hydrogen-bond acceptors (Lipinski definition) is 3. The van der Waals surface area contributed by atoms with Gasteiger partial charge in [0.25, 0.3) is 5.91 Å². The van der Waals surface area contributed by atoms with Gasteiger partial charge in [0.05, 0.1) is 17.3 Å². The number of para-hydroxylation sites is 2. The summed E-state index contributed by atoms with van der Waals surface area (Å²) in [6, 6.07) is 13.2. The Morgan fingerprint density at radius 3 is 2.53 bits per heavy atom. The number of nitrogens with two attached hydrogens (primary N) is 2. The van der Waals surface area contributed by atoms with Crippen LogP contribution in [0.3, 0.4) is 0 Å². The van der Waals surface area contributed by atoms with Gasteiger partial charge in [-0.25, -0.2) is 0 Å².